The van der Waals surface area contributed by atoms with Gasteiger partial charge in [0.25, 0.3) is 0 Å². The van der Waals surface area contributed by atoms with E-state index in [-0.39, 0.29) is 79.7 Å². The molecule has 3 aliphatic rings. The van der Waals surface area contributed by atoms with Gasteiger partial charge in [0.15, 0.2) is 46.7 Å². The summed E-state index contributed by atoms with van der Waals surface area (Å²) in [4.78, 5) is 0. The molecule has 61 heavy (non-hydrogen) atoms. The molecule has 0 unspecified atom stereocenters. The van der Waals surface area contributed by atoms with Crippen LogP contribution in [0.5, 0.6) is 74.7 Å². The number of hydrogen-bond donors (Lipinski definition) is 13. The molecule has 0 bridgehead atoms. The van der Waals surface area contributed by atoms with Crippen molar-refractivity contribution >= 4 is 0 Å². The van der Waals surface area contributed by atoms with Crippen LogP contribution in [0.2, 0.25) is 0 Å². The normalized spacial score (nSPS) is 24.0. The van der Waals surface area contributed by atoms with Crippen LogP contribution < -0.4 is 14.2 Å². The number of phenols is 10. The number of aliphatic hydroxyl groups is 3. The summed E-state index contributed by atoms with van der Waals surface area (Å²) in [6, 6.07) is 19.2. The van der Waals surface area contributed by atoms with Crippen LogP contribution in [-0.4, -0.2) is 84.7 Å². The van der Waals surface area contributed by atoms with E-state index in [4.69, 9.17) is 14.2 Å². The topological polar surface area (TPSA) is 291 Å². The molecule has 6 aromatic rings. The van der Waals surface area contributed by atoms with Gasteiger partial charge in [-0.2, -0.15) is 0 Å². The first kappa shape index (κ1) is 39.1. The highest BCUT2D eigenvalue weighted by atomic mass is 16.5. The fourth-order valence-electron chi connectivity index (χ4n) is 8.75. The summed E-state index contributed by atoms with van der Waals surface area (Å²) in [6.07, 6.45) is -9.21. The van der Waals surface area contributed by atoms with E-state index in [1.165, 1.54) is 78.9 Å². The molecule has 16 nitrogen and oxygen atoms in total. The van der Waals surface area contributed by atoms with E-state index in [1.54, 1.807) is 0 Å². The van der Waals surface area contributed by atoms with Gasteiger partial charge in [-0.1, -0.05) is 30.3 Å². The lowest BCUT2D eigenvalue weighted by Crippen LogP contribution is -2.38. The Kier molecular flexibility index (Phi) is 9.23. The maximum atomic E-state index is 12.9. The second-order valence-electron chi connectivity index (χ2n) is 15.3. The number of aromatic hydroxyl groups is 10. The SMILES string of the molecule is Oc1ccc2c(c1)O[C@H](c1ccc(O)c(O)c1)[C@H](O)[C@H]2c1c(O)c2c(c([C@H]3c4ccc(O)cc4O[C@H](c4ccc(O)c(O)c4)[C@@H]3O)c1O)O[C@H](c1ccc(O)c(O)c1)[C@H](O)C2. The molecule has 0 saturated heterocycles. The zero-order valence-corrected chi connectivity index (χ0v) is 31.5. The molecule has 314 valence electrons. The molecular formula is C45H38O16. The van der Waals surface area contributed by atoms with E-state index in [2.05, 4.69) is 0 Å². The number of ether oxygens (including phenoxy) is 3. The minimum Gasteiger partial charge on any atom is -0.508 e. The lowest BCUT2D eigenvalue weighted by atomic mass is 9.73. The van der Waals surface area contributed by atoms with Gasteiger partial charge >= 0.3 is 0 Å². The summed E-state index contributed by atoms with van der Waals surface area (Å²) in [7, 11) is 0. The summed E-state index contributed by atoms with van der Waals surface area (Å²) in [6.45, 7) is 0. The molecule has 8 atom stereocenters. The number of rotatable bonds is 5. The molecule has 0 fully saturated rings. The quantitative estimate of drug-likeness (QED) is 0.101. The third kappa shape index (κ3) is 6.35. The fraction of sp³-hybridized carbons (Fsp3) is 0.200. The minimum absolute atomic E-state index is 0.00791. The monoisotopic (exact) mass is 834 g/mol. The van der Waals surface area contributed by atoms with E-state index in [0.717, 1.165) is 12.1 Å². The lowest BCUT2D eigenvalue weighted by Gasteiger charge is -2.42. The van der Waals surface area contributed by atoms with Crippen molar-refractivity contribution in [3.63, 3.8) is 0 Å². The molecule has 0 radical (unpaired) electrons. The zero-order valence-electron chi connectivity index (χ0n) is 31.5. The van der Waals surface area contributed by atoms with E-state index < -0.39 is 94.5 Å². The number of benzene rings is 6. The van der Waals surface area contributed by atoms with Gasteiger partial charge in [-0.3, -0.25) is 0 Å². The molecule has 3 heterocycles. The maximum absolute atomic E-state index is 12.9. The van der Waals surface area contributed by atoms with Crippen molar-refractivity contribution < 1.29 is 80.6 Å². The molecular weight excluding hydrogens is 796 g/mol. The Morgan fingerprint density at radius 1 is 0.410 bits per heavy atom. The van der Waals surface area contributed by atoms with Crippen molar-refractivity contribution in [2.24, 2.45) is 0 Å². The molecule has 13 N–H and O–H groups in total. The van der Waals surface area contributed by atoms with Crippen LogP contribution in [0.1, 0.15) is 74.7 Å². The predicted octanol–water partition coefficient (Wildman–Crippen LogP) is 5.03. The van der Waals surface area contributed by atoms with Gasteiger partial charge in [0.2, 0.25) is 0 Å². The van der Waals surface area contributed by atoms with E-state index in [1.807, 2.05) is 0 Å². The minimum atomic E-state index is -1.69. The van der Waals surface area contributed by atoms with Gasteiger partial charge < -0.3 is 80.6 Å². The first-order valence-corrected chi connectivity index (χ1v) is 19.0. The molecule has 6 aromatic carbocycles. The van der Waals surface area contributed by atoms with Crippen molar-refractivity contribution in [3.05, 3.63) is 136 Å². The standard InChI is InChI=1S/C45H38O16/c46-20-4-6-22-32(14-20)59-43(18-2-9-26(49)29(52)12-18)40(57)34(22)36-38(55)24-16-31(54)42(17-1-8-25(48)28(51)11-17)61-45(24)37(39(36)56)35-23-7-5-21(47)15-33(23)60-44(41(35)58)19-3-10-27(50)30(53)13-19/h1-15,31,34-35,40-44,46-58H,16H2/t31-,34-,35-,40-,41-,42-,43-,44-/m1/s1. The molecule has 9 rings (SSSR count). The van der Waals surface area contributed by atoms with Gasteiger partial charge in [-0.05, 0) is 65.2 Å². The smallest absolute Gasteiger partial charge is 0.157 e. The fourth-order valence-corrected chi connectivity index (χ4v) is 8.75. The lowest BCUT2D eigenvalue weighted by molar-refractivity contribution is 0.000360. The number of phenolic OH excluding ortho intramolecular Hbond substituents is 10. The van der Waals surface area contributed by atoms with Crippen molar-refractivity contribution in [1.82, 2.24) is 0 Å². The highest BCUT2D eigenvalue weighted by Crippen LogP contribution is 2.60. The van der Waals surface area contributed by atoms with Gasteiger partial charge in [-0.25, -0.2) is 0 Å². The molecule has 0 spiro atoms. The molecule has 3 aliphatic heterocycles. The molecule has 0 saturated carbocycles. The van der Waals surface area contributed by atoms with E-state index in [9.17, 15) is 66.4 Å². The largest absolute Gasteiger partial charge is 0.508 e. The summed E-state index contributed by atoms with van der Waals surface area (Å²) in [5.41, 5.74) is 0.295. The third-order valence-electron chi connectivity index (χ3n) is 11.7. The number of aliphatic hydroxyl groups excluding tert-OH is 3. The van der Waals surface area contributed by atoms with Gasteiger partial charge in [-0.15, -0.1) is 0 Å². The second kappa shape index (κ2) is 14.4. The van der Waals surface area contributed by atoms with Gasteiger partial charge in [0.05, 0.1) is 6.10 Å². The average Bonchev–Trinajstić information content (AvgIpc) is 3.22. The van der Waals surface area contributed by atoms with Gasteiger partial charge in [0.1, 0.15) is 58.6 Å². The number of hydrogen-bond acceptors (Lipinski definition) is 16. The Bertz CT molecular complexity index is 2730. The van der Waals surface area contributed by atoms with E-state index in [0.29, 0.717) is 0 Å². The Morgan fingerprint density at radius 2 is 0.836 bits per heavy atom. The van der Waals surface area contributed by atoms with Crippen LogP contribution in [0.3, 0.4) is 0 Å². The third-order valence-corrected chi connectivity index (χ3v) is 11.7. The van der Waals surface area contributed by atoms with Gasteiger partial charge in [0, 0.05) is 58.2 Å². The molecule has 16 heteroatoms. The number of fused-ring (bicyclic) bond motifs is 3. The van der Waals surface area contributed by atoms with Crippen LogP contribution in [0.4, 0.5) is 0 Å². The first-order chi connectivity index (χ1) is 29.1. The summed E-state index contributed by atoms with van der Waals surface area (Å²) in [5.74, 6) is -7.77. The van der Waals surface area contributed by atoms with Crippen molar-refractivity contribution in [3.8, 4) is 74.7 Å². The molecule has 0 amide bonds. The maximum Gasteiger partial charge on any atom is 0.157 e. The van der Waals surface area contributed by atoms with Crippen LogP contribution in [0.25, 0.3) is 0 Å². The first-order valence-electron chi connectivity index (χ1n) is 19.0. The molecule has 0 aromatic heterocycles. The summed E-state index contributed by atoms with van der Waals surface area (Å²) in [5, 5.41) is 144. The van der Waals surface area contributed by atoms with E-state index >= 15 is 0 Å². The molecule has 0 aliphatic carbocycles. The van der Waals surface area contributed by atoms with Crippen molar-refractivity contribution in [1.29, 1.82) is 0 Å². The van der Waals surface area contributed by atoms with Crippen molar-refractivity contribution in [2.45, 2.75) is 54.9 Å². The van der Waals surface area contributed by atoms with Crippen LogP contribution in [-0.2, 0) is 6.42 Å². The highest BCUT2D eigenvalue weighted by molar-refractivity contribution is 5.70. The van der Waals surface area contributed by atoms with Crippen LogP contribution >= 0.6 is 0 Å². The summed E-state index contributed by atoms with van der Waals surface area (Å²) >= 11 is 0. The Balaban J connectivity index is 1.31. The van der Waals surface area contributed by atoms with Crippen molar-refractivity contribution in [2.75, 3.05) is 0 Å². The zero-order chi connectivity index (χ0) is 43.2. The Hall–Kier alpha value is -7.40. The second-order valence-corrected chi connectivity index (χ2v) is 15.3. The average molecular weight is 835 g/mol. The summed E-state index contributed by atoms with van der Waals surface area (Å²) < 4.78 is 18.9. The predicted molar refractivity (Wildman–Crippen MR) is 211 cm³/mol. The van der Waals surface area contributed by atoms with Crippen LogP contribution in [0.15, 0.2) is 91.0 Å². The van der Waals surface area contributed by atoms with Crippen LogP contribution in [0, 0.1) is 0 Å². The Morgan fingerprint density at radius 3 is 1.28 bits per heavy atom. The Labute approximate surface area is 345 Å². The highest BCUT2D eigenvalue weighted by Gasteiger charge is 2.49.